The zero-order valence-electron chi connectivity index (χ0n) is 11.9. The number of hydrogen-bond donors (Lipinski definition) is 1. The number of aromatic nitrogens is 4. The van der Waals surface area contributed by atoms with Crippen molar-refractivity contribution >= 4 is 7.60 Å². The van der Waals surface area contributed by atoms with Gasteiger partial charge in [0.05, 0.1) is 18.8 Å². The summed E-state index contributed by atoms with van der Waals surface area (Å²) in [5.74, 6) is 0.359. The van der Waals surface area contributed by atoms with Crippen LogP contribution in [0.3, 0.4) is 0 Å². The van der Waals surface area contributed by atoms with E-state index in [0.717, 1.165) is 0 Å². The predicted octanol–water partition coefficient (Wildman–Crippen LogP) is 1.93. The van der Waals surface area contributed by atoms with E-state index in [1.54, 1.807) is 13.8 Å². The molecule has 0 saturated heterocycles. The van der Waals surface area contributed by atoms with Gasteiger partial charge in [-0.05, 0) is 27.7 Å². The van der Waals surface area contributed by atoms with Crippen molar-refractivity contribution in [2.45, 2.75) is 46.0 Å². The Kier molecular flexibility index (Phi) is 6.06. The summed E-state index contributed by atoms with van der Waals surface area (Å²) in [6.07, 6.45) is -0.761. The lowest BCUT2D eigenvalue weighted by Crippen LogP contribution is -2.17. The number of rotatable bonds is 8. The molecule has 110 valence electrons. The van der Waals surface area contributed by atoms with Crippen LogP contribution in [-0.4, -0.2) is 46.1 Å². The molecule has 9 heteroatoms. The topological polar surface area (TPSA) is 99.2 Å². The van der Waals surface area contributed by atoms with Gasteiger partial charge in [-0.1, -0.05) is 5.21 Å². The minimum Gasteiger partial charge on any atom is -0.365 e. The summed E-state index contributed by atoms with van der Waals surface area (Å²) >= 11 is 0. The molecule has 0 aliphatic heterocycles. The maximum absolute atomic E-state index is 12.0. The molecule has 1 aromatic rings. The van der Waals surface area contributed by atoms with Gasteiger partial charge in [-0.25, -0.2) is 0 Å². The van der Waals surface area contributed by atoms with E-state index in [9.17, 15) is 4.57 Å². The van der Waals surface area contributed by atoms with Gasteiger partial charge in [0.1, 0.15) is 6.10 Å². The third-order valence-corrected chi connectivity index (χ3v) is 3.37. The third-order valence-electron chi connectivity index (χ3n) is 1.95. The first-order valence-corrected chi connectivity index (χ1v) is 8.08. The fraction of sp³-hybridized carbons (Fsp3) is 0.900. The number of nitrogens with zero attached hydrogens (tertiary/aromatic N) is 3. The quantitative estimate of drug-likeness (QED) is 0.731. The number of hydrogen-bond acceptors (Lipinski definition) is 7. The van der Waals surface area contributed by atoms with E-state index < -0.39 is 13.7 Å². The number of tetrazole rings is 1. The van der Waals surface area contributed by atoms with Crippen LogP contribution in [0.15, 0.2) is 0 Å². The first kappa shape index (κ1) is 16.2. The van der Waals surface area contributed by atoms with E-state index in [1.807, 2.05) is 13.8 Å². The van der Waals surface area contributed by atoms with E-state index in [-0.39, 0.29) is 18.8 Å². The molecular weight excluding hydrogens is 271 g/mol. The molecule has 1 N–H and O–H groups in total. The molecule has 0 radical (unpaired) electrons. The van der Waals surface area contributed by atoms with Gasteiger partial charge in [-0.2, -0.15) is 5.21 Å². The van der Waals surface area contributed by atoms with Crippen molar-refractivity contribution in [1.82, 2.24) is 20.6 Å². The molecule has 1 aromatic heterocycles. The van der Waals surface area contributed by atoms with Gasteiger partial charge in [-0.15, -0.1) is 10.2 Å². The monoisotopic (exact) mass is 292 g/mol. The first-order valence-electron chi connectivity index (χ1n) is 6.09. The van der Waals surface area contributed by atoms with E-state index in [0.29, 0.717) is 5.82 Å². The van der Waals surface area contributed by atoms with Crippen molar-refractivity contribution < 1.29 is 18.3 Å². The second-order valence-electron chi connectivity index (χ2n) is 4.66. The average Bonchev–Trinajstić information content (AvgIpc) is 2.75. The molecule has 0 aromatic carbocycles. The Morgan fingerprint density at radius 3 is 2.42 bits per heavy atom. The molecule has 1 heterocycles. The Bertz CT molecular complexity index is 410. The van der Waals surface area contributed by atoms with Crippen molar-refractivity contribution in [3.05, 3.63) is 5.82 Å². The Morgan fingerprint density at radius 1 is 1.26 bits per heavy atom. The molecule has 0 aliphatic rings. The minimum absolute atomic E-state index is 0.0399. The molecule has 0 fully saturated rings. The highest BCUT2D eigenvalue weighted by molar-refractivity contribution is 7.53. The van der Waals surface area contributed by atoms with Crippen molar-refractivity contribution in [1.29, 1.82) is 0 Å². The van der Waals surface area contributed by atoms with Crippen LogP contribution in [0.25, 0.3) is 0 Å². The molecule has 8 nitrogen and oxygen atoms in total. The molecule has 0 aliphatic carbocycles. The summed E-state index contributed by atoms with van der Waals surface area (Å²) in [7, 11) is -3.11. The molecular formula is C10H21N4O4P. The average molecular weight is 292 g/mol. The minimum atomic E-state index is -3.11. The maximum atomic E-state index is 12.0. The highest BCUT2D eigenvalue weighted by Crippen LogP contribution is 2.45. The van der Waals surface area contributed by atoms with Crippen LogP contribution in [0, 0.1) is 0 Å². The molecule has 0 saturated carbocycles. The summed E-state index contributed by atoms with van der Waals surface area (Å²) in [5, 5.41) is 13.5. The van der Waals surface area contributed by atoms with E-state index >= 15 is 0 Å². The van der Waals surface area contributed by atoms with Gasteiger partial charge in [0.25, 0.3) is 0 Å². The summed E-state index contributed by atoms with van der Waals surface area (Å²) in [4.78, 5) is 0. The summed E-state index contributed by atoms with van der Waals surface area (Å²) in [5.41, 5.74) is 0. The Labute approximate surface area is 112 Å². The van der Waals surface area contributed by atoms with Crippen LogP contribution in [0.5, 0.6) is 0 Å². The van der Waals surface area contributed by atoms with Gasteiger partial charge in [0.2, 0.25) is 5.82 Å². The van der Waals surface area contributed by atoms with Crippen LogP contribution in [-0.2, 0) is 18.3 Å². The lowest BCUT2D eigenvalue weighted by molar-refractivity contribution is -0.0272. The van der Waals surface area contributed by atoms with Gasteiger partial charge in [0, 0.05) is 6.66 Å². The Morgan fingerprint density at radius 2 is 1.95 bits per heavy atom. The number of H-pyrrole nitrogens is 1. The van der Waals surface area contributed by atoms with Crippen molar-refractivity contribution in [3.63, 3.8) is 0 Å². The Hall–Kier alpha value is -0.820. The largest absolute Gasteiger partial charge is 0.365 e. The summed E-state index contributed by atoms with van der Waals surface area (Å²) in [6, 6.07) is 0. The van der Waals surface area contributed by atoms with Crippen molar-refractivity contribution in [2.24, 2.45) is 0 Å². The van der Waals surface area contributed by atoms with Crippen molar-refractivity contribution in [2.75, 3.05) is 13.3 Å². The highest BCUT2D eigenvalue weighted by Gasteiger charge is 2.25. The van der Waals surface area contributed by atoms with Crippen molar-refractivity contribution in [3.8, 4) is 0 Å². The second-order valence-corrected chi connectivity index (χ2v) is 6.68. The van der Waals surface area contributed by atoms with Gasteiger partial charge >= 0.3 is 7.60 Å². The number of aromatic amines is 1. The molecule has 0 bridgehead atoms. The van der Waals surface area contributed by atoms with Gasteiger partial charge in [-0.3, -0.25) is 4.57 Å². The molecule has 2 atom stereocenters. The summed E-state index contributed by atoms with van der Waals surface area (Å²) in [6.45, 7) is 8.81. The molecule has 0 amide bonds. The zero-order chi connectivity index (χ0) is 14.5. The molecule has 1 unspecified atom stereocenters. The molecule has 1 rings (SSSR count). The van der Waals surface area contributed by atoms with Crippen LogP contribution in [0.1, 0.15) is 39.6 Å². The fourth-order valence-electron chi connectivity index (χ4n) is 1.43. The zero-order valence-corrected chi connectivity index (χ0v) is 12.8. The summed E-state index contributed by atoms with van der Waals surface area (Å²) < 4.78 is 28.2. The SMILES string of the molecule is CC(C)O[C@H](COP(C)(=O)OC(C)C)c1nn[nH]n1. The van der Waals surface area contributed by atoms with Crippen LogP contribution in [0.2, 0.25) is 0 Å². The van der Waals surface area contributed by atoms with Crippen LogP contribution < -0.4 is 0 Å². The first-order chi connectivity index (χ1) is 8.80. The smallest absolute Gasteiger partial charge is 0.327 e. The third kappa shape index (κ3) is 6.24. The fourth-order valence-corrected chi connectivity index (χ4v) is 2.66. The lowest BCUT2D eigenvalue weighted by Gasteiger charge is -2.21. The van der Waals surface area contributed by atoms with E-state index in [4.69, 9.17) is 13.8 Å². The lowest BCUT2D eigenvalue weighted by atomic mass is 10.3. The van der Waals surface area contributed by atoms with E-state index in [1.165, 1.54) is 6.66 Å². The van der Waals surface area contributed by atoms with Crippen LogP contribution >= 0.6 is 7.60 Å². The van der Waals surface area contributed by atoms with Gasteiger partial charge < -0.3 is 13.8 Å². The number of nitrogens with one attached hydrogen (secondary N) is 1. The highest BCUT2D eigenvalue weighted by atomic mass is 31.2. The van der Waals surface area contributed by atoms with Gasteiger partial charge in [0.15, 0.2) is 0 Å². The van der Waals surface area contributed by atoms with Crippen LogP contribution in [0.4, 0.5) is 0 Å². The van der Waals surface area contributed by atoms with E-state index in [2.05, 4.69) is 20.6 Å². The predicted molar refractivity (Wildman–Crippen MR) is 68.8 cm³/mol. The Balaban J connectivity index is 2.61. The molecule has 19 heavy (non-hydrogen) atoms. The molecule has 0 spiro atoms. The normalized spacial score (nSPS) is 16.8. The maximum Gasteiger partial charge on any atom is 0.327 e. The second kappa shape index (κ2) is 7.09. The standard InChI is InChI=1S/C10H21N4O4P/c1-7(2)17-9(10-11-13-14-12-10)6-16-19(5,15)18-8(3)4/h7-9H,6H2,1-5H3,(H,11,12,13,14)/t9-,19?/m1/s1. The number of ether oxygens (including phenoxy) is 1.